The van der Waals surface area contributed by atoms with E-state index in [1.54, 1.807) is 6.07 Å². The van der Waals surface area contributed by atoms with Crippen LogP contribution in [0.15, 0.2) is 53.3 Å². The summed E-state index contributed by atoms with van der Waals surface area (Å²) in [6.45, 7) is 5.07. The van der Waals surface area contributed by atoms with Crippen molar-refractivity contribution in [2.75, 3.05) is 0 Å². The predicted octanol–water partition coefficient (Wildman–Crippen LogP) is 3.49. The van der Waals surface area contributed by atoms with Crippen LogP contribution in [0.4, 0.5) is 0 Å². The lowest BCUT2D eigenvalue weighted by atomic mass is 10.1. The summed E-state index contributed by atoms with van der Waals surface area (Å²) in [4.78, 5) is 31.5. The van der Waals surface area contributed by atoms with Gasteiger partial charge in [0.1, 0.15) is 5.82 Å². The first-order valence-corrected chi connectivity index (χ1v) is 9.95. The van der Waals surface area contributed by atoms with Gasteiger partial charge in [-0.1, -0.05) is 36.4 Å². The molecule has 29 heavy (non-hydrogen) atoms. The van der Waals surface area contributed by atoms with Gasteiger partial charge in [0.25, 0.3) is 5.56 Å². The molecule has 0 unspecified atom stereocenters. The summed E-state index contributed by atoms with van der Waals surface area (Å²) in [6.07, 6.45) is 1.74. The Hall–Kier alpha value is -2.99. The minimum absolute atomic E-state index is 0.0167. The number of para-hydroxylation sites is 1. The first-order chi connectivity index (χ1) is 14.0. The number of ether oxygens (including phenoxy) is 1. The van der Waals surface area contributed by atoms with Crippen LogP contribution in [0, 0.1) is 0 Å². The van der Waals surface area contributed by atoms with Crippen LogP contribution in [0.2, 0.25) is 0 Å². The Balaban J connectivity index is 1.46. The van der Waals surface area contributed by atoms with Crippen LogP contribution in [0.25, 0.3) is 10.9 Å². The van der Waals surface area contributed by atoms with Crippen LogP contribution < -0.4 is 10.9 Å². The van der Waals surface area contributed by atoms with Crippen molar-refractivity contribution in [3.63, 3.8) is 0 Å². The standard InChI is InChI=1S/C23H27N3O3/c1-16(2)29-15-18-8-5-7-17(13-18)14-24-22(27)12-6-11-21-25-20-10-4-3-9-19(20)23(28)26-21/h3-5,7-10,13,16H,6,11-12,14-15H2,1-2H3,(H,24,27)(H,25,26,28). The Morgan fingerprint density at radius 3 is 2.76 bits per heavy atom. The molecule has 3 aromatic rings. The van der Waals surface area contributed by atoms with Crippen molar-refractivity contribution in [3.05, 3.63) is 75.8 Å². The van der Waals surface area contributed by atoms with Crippen molar-refractivity contribution in [3.8, 4) is 0 Å². The Morgan fingerprint density at radius 2 is 1.93 bits per heavy atom. The molecule has 0 aliphatic carbocycles. The molecule has 3 rings (SSSR count). The van der Waals surface area contributed by atoms with Gasteiger partial charge >= 0.3 is 0 Å². The van der Waals surface area contributed by atoms with Crippen molar-refractivity contribution in [1.82, 2.24) is 15.3 Å². The van der Waals surface area contributed by atoms with Gasteiger partial charge in [-0.25, -0.2) is 4.98 Å². The molecule has 0 saturated heterocycles. The topological polar surface area (TPSA) is 84.1 Å². The monoisotopic (exact) mass is 393 g/mol. The predicted molar refractivity (Wildman–Crippen MR) is 114 cm³/mol. The van der Waals surface area contributed by atoms with E-state index in [2.05, 4.69) is 15.3 Å². The number of aromatic amines is 1. The first kappa shape index (κ1) is 20.7. The van der Waals surface area contributed by atoms with E-state index in [0.29, 0.717) is 49.1 Å². The molecular weight excluding hydrogens is 366 g/mol. The van der Waals surface area contributed by atoms with E-state index in [4.69, 9.17) is 4.74 Å². The number of carbonyl (C=O) groups is 1. The summed E-state index contributed by atoms with van der Waals surface area (Å²) in [7, 11) is 0. The zero-order chi connectivity index (χ0) is 20.6. The second-order valence-corrected chi connectivity index (χ2v) is 7.34. The van der Waals surface area contributed by atoms with E-state index < -0.39 is 0 Å². The molecule has 6 heteroatoms. The number of fused-ring (bicyclic) bond motifs is 1. The van der Waals surface area contributed by atoms with Gasteiger partial charge in [-0.2, -0.15) is 0 Å². The van der Waals surface area contributed by atoms with E-state index >= 15 is 0 Å². The molecule has 0 spiro atoms. The quantitative estimate of drug-likeness (QED) is 0.583. The molecule has 1 amide bonds. The SMILES string of the molecule is CC(C)OCc1cccc(CNC(=O)CCCc2nc3ccccc3c(=O)[nH]2)c1. The summed E-state index contributed by atoms with van der Waals surface area (Å²) >= 11 is 0. The second kappa shape index (κ2) is 9.98. The molecule has 6 nitrogen and oxygen atoms in total. The smallest absolute Gasteiger partial charge is 0.258 e. The van der Waals surface area contributed by atoms with Gasteiger partial charge in [0, 0.05) is 19.4 Å². The zero-order valence-electron chi connectivity index (χ0n) is 16.9. The maximum atomic E-state index is 12.2. The Morgan fingerprint density at radius 1 is 1.14 bits per heavy atom. The Kier molecular flexibility index (Phi) is 7.14. The Bertz CT molecular complexity index is 1030. The van der Waals surface area contributed by atoms with E-state index in [1.807, 2.05) is 56.3 Å². The second-order valence-electron chi connectivity index (χ2n) is 7.34. The third-order valence-corrected chi connectivity index (χ3v) is 4.54. The number of benzene rings is 2. The highest BCUT2D eigenvalue weighted by atomic mass is 16.5. The number of amides is 1. The molecule has 0 bridgehead atoms. The van der Waals surface area contributed by atoms with Crippen molar-refractivity contribution in [1.29, 1.82) is 0 Å². The van der Waals surface area contributed by atoms with Gasteiger partial charge in [0.2, 0.25) is 5.91 Å². The third kappa shape index (κ3) is 6.26. The number of carbonyl (C=O) groups excluding carboxylic acids is 1. The minimum Gasteiger partial charge on any atom is -0.374 e. The average Bonchev–Trinajstić information content (AvgIpc) is 2.71. The molecule has 0 atom stereocenters. The molecule has 0 aliphatic rings. The molecule has 0 fully saturated rings. The Labute approximate surface area is 170 Å². The first-order valence-electron chi connectivity index (χ1n) is 9.95. The lowest BCUT2D eigenvalue weighted by Gasteiger charge is -2.10. The summed E-state index contributed by atoms with van der Waals surface area (Å²) < 4.78 is 5.62. The number of hydrogen-bond acceptors (Lipinski definition) is 4. The fraction of sp³-hybridized carbons (Fsp3) is 0.348. The number of H-pyrrole nitrogens is 1. The van der Waals surface area contributed by atoms with Crippen LogP contribution in [0.3, 0.4) is 0 Å². The maximum absolute atomic E-state index is 12.2. The molecule has 1 aromatic heterocycles. The molecule has 0 radical (unpaired) electrons. The van der Waals surface area contributed by atoms with Crippen LogP contribution in [0.5, 0.6) is 0 Å². The van der Waals surface area contributed by atoms with Gasteiger partial charge in [-0.15, -0.1) is 0 Å². The third-order valence-electron chi connectivity index (χ3n) is 4.54. The molecular formula is C23H27N3O3. The van der Waals surface area contributed by atoms with Crippen molar-refractivity contribution < 1.29 is 9.53 Å². The van der Waals surface area contributed by atoms with Gasteiger partial charge in [-0.05, 0) is 43.5 Å². The lowest BCUT2D eigenvalue weighted by Crippen LogP contribution is -2.22. The van der Waals surface area contributed by atoms with Crippen LogP contribution in [-0.4, -0.2) is 22.0 Å². The number of nitrogens with zero attached hydrogens (tertiary/aromatic N) is 1. The highest BCUT2D eigenvalue weighted by Gasteiger charge is 2.06. The zero-order valence-corrected chi connectivity index (χ0v) is 16.9. The fourth-order valence-electron chi connectivity index (χ4n) is 3.05. The molecule has 2 N–H and O–H groups in total. The summed E-state index contributed by atoms with van der Waals surface area (Å²) in [5.41, 5.74) is 2.67. The summed E-state index contributed by atoms with van der Waals surface area (Å²) in [5.74, 6) is 0.594. The number of aromatic nitrogens is 2. The van der Waals surface area contributed by atoms with Crippen molar-refractivity contribution >= 4 is 16.8 Å². The highest BCUT2D eigenvalue weighted by molar-refractivity contribution is 5.77. The highest BCUT2D eigenvalue weighted by Crippen LogP contribution is 2.09. The number of hydrogen-bond donors (Lipinski definition) is 2. The number of aryl methyl sites for hydroxylation is 1. The van der Waals surface area contributed by atoms with Crippen LogP contribution in [0.1, 0.15) is 43.6 Å². The molecule has 1 heterocycles. The van der Waals surface area contributed by atoms with Crippen molar-refractivity contribution in [2.24, 2.45) is 0 Å². The largest absolute Gasteiger partial charge is 0.374 e. The van der Waals surface area contributed by atoms with Crippen molar-refractivity contribution in [2.45, 2.75) is 52.4 Å². The average molecular weight is 393 g/mol. The number of rotatable bonds is 9. The molecule has 2 aromatic carbocycles. The van der Waals surface area contributed by atoms with Gasteiger partial charge < -0.3 is 15.0 Å². The van der Waals surface area contributed by atoms with E-state index in [1.165, 1.54) is 0 Å². The number of nitrogens with one attached hydrogen (secondary N) is 2. The summed E-state index contributed by atoms with van der Waals surface area (Å²) in [5, 5.41) is 3.52. The maximum Gasteiger partial charge on any atom is 0.258 e. The summed E-state index contributed by atoms with van der Waals surface area (Å²) in [6, 6.07) is 15.3. The lowest BCUT2D eigenvalue weighted by molar-refractivity contribution is -0.121. The van der Waals surface area contributed by atoms with Gasteiger partial charge in [-0.3, -0.25) is 9.59 Å². The van der Waals surface area contributed by atoms with Gasteiger partial charge in [0.15, 0.2) is 0 Å². The van der Waals surface area contributed by atoms with E-state index in [0.717, 1.165) is 11.1 Å². The molecule has 152 valence electrons. The fourth-order valence-corrected chi connectivity index (χ4v) is 3.05. The molecule has 0 saturated carbocycles. The van der Waals surface area contributed by atoms with E-state index in [9.17, 15) is 9.59 Å². The van der Waals surface area contributed by atoms with Crippen LogP contribution in [-0.2, 0) is 29.1 Å². The van der Waals surface area contributed by atoms with Gasteiger partial charge in [0.05, 0.1) is 23.6 Å². The van der Waals surface area contributed by atoms with Crippen LogP contribution >= 0.6 is 0 Å². The normalized spacial score (nSPS) is 11.1. The minimum atomic E-state index is -0.142. The molecule has 0 aliphatic heterocycles. The van der Waals surface area contributed by atoms with E-state index in [-0.39, 0.29) is 17.6 Å².